The number of rotatable bonds is 6. The van der Waals surface area contributed by atoms with Crippen molar-refractivity contribution in [1.29, 1.82) is 0 Å². The van der Waals surface area contributed by atoms with Crippen molar-refractivity contribution in [3.63, 3.8) is 0 Å². The molecule has 6 aromatic carbocycles. The first-order valence-electron chi connectivity index (χ1n) is 16.2. The number of hydrogen-bond acceptors (Lipinski definition) is 4. The molecule has 1 aliphatic heterocycles. The summed E-state index contributed by atoms with van der Waals surface area (Å²) >= 11 is 1.86. The second-order valence-electron chi connectivity index (χ2n) is 13.2. The highest BCUT2D eigenvalue weighted by Gasteiger charge is 2.52. The van der Waals surface area contributed by atoms with Crippen LogP contribution in [0.25, 0.3) is 42.4 Å². The van der Waals surface area contributed by atoms with E-state index in [1.807, 2.05) is 11.3 Å². The lowest BCUT2D eigenvalue weighted by Gasteiger charge is -2.32. The van der Waals surface area contributed by atoms with Crippen molar-refractivity contribution in [2.75, 3.05) is 4.90 Å². The Bertz CT molecular complexity index is 2170. The Balaban J connectivity index is 1.38. The van der Waals surface area contributed by atoms with Gasteiger partial charge in [-0.15, -0.1) is 11.3 Å². The average Bonchev–Trinajstić information content (AvgIpc) is 3.57. The minimum atomic E-state index is -0.466. The van der Waals surface area contributed by atoms with Gasteiger partial charge in [0.05, 0.1) is 11.2 Å². The Kier molecular flexibility index (Phi) is 7.29. The fourth-order valence-corrected chi connectivity index (χ4v) is 7.83. The van der Waals surface area contributed by atoms with Crippen molar-refractivity contribution >= 4 is 61.2 Å². The Hall–Kier alpha value is -4.68. The van der Waals surface area contributed by atoms with E-state index in [1.165, 1.54) is 31.3 Å². The molecule has 8 rings (SSSR count). The summed E-state index contributed by atoms with van der Waals surface area (Å²) in [4.78, 5) is 2.36. The largest absolute Gasteiger partial charge is 0.495 e. The molecule has 0 bridgehead atoms. The molecule has 1 aromatic heterocycles. The Morgan fingerprint density at radius 2 is 1.00 bits per heavy atom. The zero-order chi connectivity index (χ0) is 32.2. The van der Waals surface area contributed by atoms with Gasteiger partial charge < -0.3 is 14.2 Å². The topological polar surface area (TPSA) is 21.7 Å². The van der Waals surface area contributed by atoms with Crippen LogP contribution in [0, 0.1) is 0 Å². The minimum absolute atomic E-state index is 0.430. The minimum Gasteiger partial charge on any atom is -0.399 e. The van der Waals surface area contributed by atoms with Gasteiger partial charge in [-0.25, -0.2) is 0 Å². The standard InChI is InChI=1S/C42H36BNO2S/c1-41(2)42(3,4)46-43(45-41)38-25-15-13-23-34(38)32-21-11-12-22-33(32)36-27-31(28-37-35-24-14-16-26-39(35)47-40(36)37)44(29-17-7-5-8-18-29)30-19-9-6-10-20-30/h5-28H,1-4H3. The number of fused-ring (bicyclic) bond motifs is 3. The number of hydrogen-bond donors (Lipinski definition) is 0. The summed E-state index contributed by atoms with van der Waals surface area (Å²) in [7, 11) is -0.466. The maximum atomic E-state index is 6.59. The van der Waals surface area contributed by atoms with Gasteiger partial charge in [0.15, 0.2) is 0 Å². The van der Waals surface area contributed by atoms with Crippen LogP contribution >= 0.6 is 11.3 Å². The highest BCUT2D eigenvalue weighted by atomic mass is 32.1. The van der Waals surface area contributed by atoms with Gasteiger partial charge in [-0.05, 0) is 92.3 Å². The Morgan fingerprint density at radius 1 is 0.489 bits per heavy atom. The predicted octanol–water partition coefficient (Wildman–Crippen LogP) is 11.2. The Labute approximate surface area is 281 Å². The molecule has 0 radical (unpaired) electrons. The maximum Gasteiger partial charge on any atom is 0.495 e. The lowest BCUT2D eigenvalue weighted by molar-refractivity contribution is 0.00578. The van der Waals surface area contributed by atoms with E-state index in [-0.39, 0.29) is 0 Å². The van der Waals surface area contributed by atoms with Gasteiger partial charge in [-0.2, -0.15) is 0 Å². The molecule has 0 N–H and O–H groups in total. The van der Waals surface area contributed by atoms with Gasteiger partial charge in [0.2, 0.25) is 0 Å². The fraction of sp³-hybridized carbons (Fsp3) is 0.143. The van der Waals surface area contributed by atoms with E-state index in [0.717, 1.165) is 33.7 Å². The molecule has 1 fully saturated rings. The monoisotopic (exact) mass is 629 g/mol. The number of thiophene rings is 1. The molecule has 47 heavy (non-hydrogen) atoms. The van der Waals surface area contributed by atoms with E-state index in [1.54, 1.807) is 0 Å². The molecule has 3 nitrogen and oxygen atoms in total. The molecule has 0 aliphatic carbocycles. The van der Waals surface area contributed by atoms with Gasteiger partial charge in [0.25, 0.3) is 0 Å². The second kappa shape index (κ2) is 11.5. The molecule has 5 heteroatoms. The predicted molar refractivity (Wildman–Crippen MR) is 201 cm³/mol. The molecule has 0 saturated carbocycles. The van der Waals surface area contributed by atoms with E-state index >= 15 is 0 Å². The molecule has 230 valence electrons. The van der Waals surface area contributed by atoms with Crippen LogP contribution in [0.15, 0.2) is 146 Å². The van der Waals surface area contributed by atoms with Crippen LogP contribution in [0.5, 0.6) is 0 Å². The van der Waals surface area contributed by atoms with Crippen LogP contribution in [0.2, 0.25) is 0 Å². The molecule has 1 saturated heterocycles. The fourth-order valence-electron chi connectivity index (χ4n) is 6.61. The van der Waals surface area contributed by atoms with E-state index in [9.17, 15) is 0 Å². The molecule has 0 atom stereocenters. The SMILES string of the molecule is CC1(C)OB(c2ccccc2-c2ccccc2-c2cc(N(c3ccccc3)c3ccccc3)cc3c2sc2ccccc23)OC1(C)C. The van der Waals surface area contributed by atoms with Crippen molar-refractivity contribution in [2.24, 2.45) is 0 Å². The molecule has 0 unspecified atom stereocenters. The summed E-state index contributed by atoms with van der Waals surface area (Å²) in [5.74, 6) is 0. The van der Waals surface area contributed by atoms with Crippen molar-refractivity contribution in [2.45, 2.75) is 38.9 Å². The van der Waals surface area contributed by atoms with Gasteiger partial charge >= 0.3 is 7.12 Å². The molecule has 7 aromatic rings. The molecule has 1 aliphatic rings. The van der Waals surface area contributed by atoms with E-state index in [0.29, 0.717) is 0 Å². The first-order valence-corrected chi connectivity index (χ1v) is 17.0. The highest BCUT2D eigenvalue weighted by molar-refractivity contribution is 7.26. The average molecular weight is 630 g/mol. The zero-order valence-electron chi connectivity index (χ0n) is 27.1. The van der Waals surface area contributed by atoms with Gasteiger partial charge in [0.1, 0.15) is 0 Å². The Morgan fingerprint density at radius 3 is 1.64 bits per heavy atom. The van der Waals surface area contributed by atoms with Crippen molar-refractivity contribution in [1.82, 2.24) is 0 Å². The van der Waals surface area contributed by atoms with Crippen LogP contribution < -0.4 is 10.4 Å². The van der Waals surface area contributed by atoms with E-state index < -0.39 is 18.3 Å². The third kappa shape index (κ3) is 5.16. The lowest BCUT2D eigenvalue weighted by atomic mass is 9.73. The van der Waals surface area contributed by atoms with Crippen molar-refractivity contribution < 1.29 is 9.31 Å². The van der Waals surface area contributed by atoms with Crippen molar-refractivity contribution in [3.05, 3.63) is 146 Å². The van der Waals surface area contributed by atoms with Crippen LogP contribution in [-0.2, 0) is 9.31 Å². The summed E-state index contributed by atoms with van der Waals surface area (Å²) in [5, 5.41) is 2.52. The molecular weight excluding hydrogens is 593 g/mol. The van der Waals surface area contributed by atoms with Gasteiger partial charge in [0, 0.05) is 42.8 Å². The highest BCUT2D eigenvalue weighted by Crippen LogP contribution is 2.47. The summed E-state index contributed by atoms with van der Waals surface area (Å²) in [5.41, 5.74) is 8.17. The summed E-state index contributed by atoms with van der Waals surface area (Å²) in [6.45, 7) is 8.44. The third-order valence-electron chi connectivity index (χ3n) is 9.73. The number of nitrogens with zero attached hydrogens (tertiary/aromatic N) is 1. The quantitative estimate of drug-likeness (QED) is 0.171. The number of para-hydroxylation sites is 2. The first kappa shape index (κ1) is 29.7. The van der Waals surface area contributed by atoms with Crippen LogP contribution in [-0.4, -0.2) is 18.3 Å². The number of benzene rings is 6. The summed E-state index contributed by atoms with van der Waals surface area (Å²) in [6.07, 6.45) is 0. The molecule has 2 heterocycles. The second-order valence-corrected chi connectivity index (χ2v) is 14.2. The third-order valence-corrected chi connectivity index (χ3v) is 10.9. The van der Waals surface area contributed by atoms with Gasteiger partial charge in [-0.3, -0.25) is 0 Å². The van der Waals surface area contributed by atoms with Crippen LogP contribution in [0.1, 0.15) is 27.7 Å². The van der Waals surface area contributed by atoms with Crippen LogP contribution in [0.3, 0.4) is 0 Å². The van der Waals surface area contributed by atoms with Crippen LogP contribution in [0.4, 0.5) is 17.1 Å². The van der Waals surface area contributed by atoms with Gasteiger partial charge in [-0.1, -0.05) is 103 Å². The molecule has 0 amide bonds. The van der Waals surface area contributed by atoms with E-state index in [4.69, 9.17) is 9.31 Å². The zero-order valence-corrected chi connectivity index (χ0v) is 27.9. The smallest absolute Gasteiger partial charge is 0.399 e. The normalized spacial score (nSPS) is 15.4. The summed E-state index contributed by atoms with van der Waals surface area (Å²) in [6, 6.07) is 52.1. The maximum absolute atomic E-state index is 6.59. The van der Waals surface area contributed by atoms with E-state index in [2.05, 4.69) is 178 Å². The number of anilines is 3. The molecular formula is C42H36BNO2S. The summed E-state index contributed by atoms with van der Waals surface area (Å²) < 4.78 is 15.7. The van der Waals surface area contributed by atoms with Crippen molar-refractivity contribution in [3.8, 4) is 22.3 Å². The molecule has 0 spiro atoms. The first-order chi connectivity index (χ1) is 22.8. The lowest BCUT2D eigenvalue weighted by Crippen LogP contribution is -2.41.